The zero-order chi connectivity index (χ0) is 21.8. The van der Waals surface area contributed by atoms with Crippen molar-refractivity contribution in [2.75, 3.05) is 7.11 Å². The van der Waals surface area contributed by atoms with E-state index in [1.54, 1.807) is 24.4 Å². The van der Waals surface area contributed by atoms with E-state index in [1.165, 1.54) is 18.9 Å². The molecular weight excluding hydrogens is 436 g/mol. The van der Waals surface area contributed by atoms with Gasteiger partial charge in [-0.2, -0.15) is 0 Å². The van der Waals surface area contributed by atoms with Crippen molar-refractivity contribution in [3.8, 4) is 0 Å². The second kappa shape index (κ2) is 9.20. The van der Waals surface area contributed by atoms with Gasteiger partial charge in [0.2, 0.25) is 0 Å². The minimum atomic E-state index is -0.527. The number of carbonyl (C=O) groups excluding carboxylic acids is 2. The minimum Gasteiger partial charge on any atom is -0.453 e. The van der Waals surface area contributed by atoms with Gasteiger partial charge in [-0.05, 0) is 59.3 Å². The van der Waals surface area contributed by atoms with E-state index in [-0.39, 0.29) is 12.5 Å². The number of nitrogens with one attached hydrogen (secondary N) is 2. The zero-order valence-corrected chi connectivity index (χ0v) is 18.0. The molecule has 0 radical (unpaired) electrons. The first-order valence-corrected chi connectivity index (χ1v) is 10.5. The summed E-state index contributed by atoms with van der Waals surface area (Å²) in [6.45, 7) is 0.267. The number of carbonyl (C=O) groups is 2. The number of thioether (sulfide) groups is 1. The quantitative estimate of drug-likeness (QED) is 0.563. The van der Waals surface area contributed by atoms with Gasteiger partial charge in [0.05, 0.1) is 28.2 Å². The summed E-state index contributed by atoms with van der Waals surface area (Å²) >= 11 is 7.50. The Morgan fingerprint density at radius 1 is 1.29 bits per heavy atom. The molecule has 1 aromatic heterocycles. The lowest BCUT2D eigenvalue weighted by molar-refractivity contribution is -0.115. The number of benzene rings is 2. The molecule has 0 unspecified atom stereocenters. The number of pyridine rings is 1. The Balaban J connectivity index is 1.54. The van der Waals surface area contributed by atoms with Crippen LogP contribution in [0.1, 0.15) is 11.1 Å². The van der Waals surface area contributed by atoms with Crippen LogP contribution in [0.2, 0.25) is 5.02 Å². The Morgan fingerprint density at radius 2 is 2.16 bits per heavy atom. The van der Waals surface area contributed by atoms with Crippen LogP contribution in [0.5, 0.6) is 0 Å². The summed E-state index contributed by atoms with van der Waals surface area (Å²) in [7, 11) is 1.30. The van der Waals surface area contributed by atoms with Crippen LogP contribution in [-0.4, -0.2) is 29.3 Å². The standard InChI is InChI=1S/C22H17ClN4O3S/c1-30-22(29)25-12-14-4-6-16(23)18(10-14)26-21-27-20(28)19(31-21)11-13-5-7-17-15(9-13)3-2-8-24-17/h2-11H,12H2,1H3,(H,25,29)(H,26,27,28)/b19-11-. The summed E-state index contributed by atoms with van der Waals surface area (Å²) < 4.78 is 4.57. The van der Waals surface area contributed by atoms with E-state index in [1.807, 2.05) is 36.4 Å². The SMILES string of the molecule is COC(=O)NCc1ccc(Cl)c(N=C2NC(=O)/C(=C/c3ccc4ncccc4c3)S2)c1. The van der Waals surface area contributed by atoms with Gasteiger partial charge in [0.1, 0.15) is 0 Å². The number of methoxy groups -OCH3 is 1. The number of aliphatic imine (C=N–C) groups is 1. The number of halogens is 1. The third-order valence-electron chi connectivity index (χ3n) is 4.43. The van der Waals surface area contributed by atoms with Crippen LogP contribution in [0, 0.1) is 0 Å². The van der Waals surface area contributed by atoms with Crippen molar-refractivity contribution >= 4 is 63.2 Å². The molecule has 31 heavy (non-hydrogen) atoms. The van der Waals surface area contributed by atoms with Crippen molar-refractivity contribution in [2.24, 2.45) is 4.99 Å². The van der Waals surface area contributed by atoms with Crippen molar-refractivity contribution in [3.05, 3.63) is 75.8 Å². The number of nitrogens with zero attached hydrogens (tertiary/aromatic N) is 2. The number of ether oxygens (including phenoxy) is 1. The van der Waals surface area contributed by atoms with E-state index in [2.05, 4.69) is 25.3 Å². The number of hydrogen-bond acceptors (Lipinski definition) is 6. The van der Waals surface area contributed by atoms with Crippen molar-refractivity contribution in [1.82, 2.24) is 15.6 Å². The van der Waals surface area contributed by atoms with E-state index in [9.17, 15) is 9.59 Å². The average molecular weight is 453 g/mol. The average Bonchev–Trinajstić information content (AvgIpc) is 3.12. The van der Waals surface area contributed by atoms with Gasteiger partial charge in [-0.1, -0.05) is 29.8 Å². The molecule has 9 heteroatoms. The molecule has 2 heterocycles. The van der Waals surface area contributed by atoms with Crippen LogP contribution in [-0.2, 0) is 16.1 Å². The fourth-order valence-corrected chi connectivity index (χ4v) is 3.92. The second-order valence-electron chi connectivity index (χ2n) is 6.57. The lowest BCUT2D eigenvalue weighted by atomic mass is 10.1. The first kappa shape index (κ1) is 20.9. The Bertz CT molecular complexity index is 1240. The summed E-state index contributed by atoms with van der Waals surface area (Å²) in [5.74, 6) is -0.227. The lowest BCUT2D eigenvalue weighted by Gasteiger charge is -2.06. The van der Waals surface area contributed by atoms with Crippen molar-refractivity contribution < 1.29 is 14.3 Å². The van der Waals surface area contributed by atoms with Crippen LogP contribution < -0.4 is 10.6 Å². The maximum absolute atomic E-state index is 12.4. The zero-order valence-electron chi connectivity index (χ0n) is 16.4. The van der Waals surface area contributed by atoms with Gasteiger partial charge in [0.25, 0.3) is 5.91 Å². The molecule has 2 aromatic carbocycles. The Kier molecular flexibility index (Phi) is 6.20. The number of hydrogen-bond donors (Lipinski definition) is 2. The largest absolute Gasteiger partial charge is 0.453 e. The molecule has 1 saturated heterocycles. The monoisotopic (exact) mass is 452 g/mol. The predicted molar refractivity (Wildman–Crippen MR) is 123 cm³/mol. The molecule has 0 saturated carbocycles. The highest BCUT2D eigenvalue weighted by molar-refractivity contribution is 8.18. The third kappa shape index (κ3) is 5.04. The molecule has 0 spiro atoms. The molecule has 2 N–H and O–H groups in total. The number of amidine groups is 1. The molecule has 0 atom stereocenters. The van der Waals surface area contributed by atoms with Gasteiger partial charge < -0.3 is 15.4 Å². The van der Waals surface area contributed by atoms with Gasteiger partial charge in [0.15, 0.2) is 5.17 Å². The number of aromatic nitrogens is 1. The normalized spacial score (nSPS) is 16.0. The van der Waals surface area contributed by atoms with Gasteiger partial charge in [-0.25, -0.2) is 9.79 Å². The molecule has 156 valence electrons. The summed E-state index contributed by atoms with van der Waals surface area (Å²) in [6, 6.07) is 14.9. The van der Waals surface area contributed by atoms with Crippen LogP contribution in [0.25, 0.3) is 17.0 Å². The molecular formula is C22H17ClN4O3S. The highest BCUT2D eigenvalue weighted by atomic mass is 35.5. The van der Waals surface area contributed by atoms with Crippen molar-refractivity contribution in [3.63, 3.8) is 0 Å². The fraction of sp³-hybridized carbons (Fsp3) is 0.0909. The van der Waals surface area contributed by atoms with Gasteiger partial charge in [-0.3, -0.25) is 9.78 Å². The lowest BCUT2D eigenvalue weighted by Crippen LogP contribution is -2.22. The van der Waals surface area contributed by atoms with Gasteiger partial charge in [0, 0.05) is 18.1 Å². The van der Waals surface area contributed by atoms with Crippen molar-refractivity contribution in [2.45, 2.75) is 6.54 Å². The van der Waals surface area contributed by atoms with Crippen LogP contribution in [0.15, 0.2) is 64.6 Å². The Hall–Kier alpha value is -3.36. The highest BCUT2D eigenvalue weighted by Crippen LogP contribution is 2.32. The predicted octanol–water partition coefficient (Wildman–Crippen LogP) is 4.64. The highest BCUT2D eigenvalue weighted by Gasteiger charge is 2.24. The van der Waals surface area contributed by atoms with E-state index in [0.717, 1.165) is 22.0 Å². The minimum absolute atomic E-state index is 0.227. The molecule has 4 rings (SSSR count). The maximum atomic E-state index is 12.4. The number of alkyl carbamates (subject to hydrolysis) is 1. The third-order valence-corrected chi connectivity index (χ3v) is 5.66. The van der Waals surface area contributed by atoms with E-state index in [0.29, 0.717) is 20.8 Å². The first-order valence-electron chi connectivity index (χ1n) is 9.26. The summed E-state index contributed by atoms with van der Waals surface area (Å²) in [5, 5.41) is 7.22. The molecule has 7 nitrogen and oxygen atoms in total. The number of amides is 2. The van der Waals surface area contributed by atoms with E-state index < -0.39 is 6.09 Å². The Morgan fingerprint density at radius 3 is 3.00 bits per heavy atom. The number of fused-ring (bicyclic) bond motifs is 1. The molecule has 1 fully saturated rings. The molecule has 0 aliphatic carbocycles. The van der Waals surface area contributed by atoms with Crippen LogP contribution >= 0.6 is 23.4 Å². The first-order chi connectivity index (χ1) is 15.0. The summed E-state index contributed by atoms with van der Waals surface area (Å²) in [5.41, 5.74) is 3.08. The fourth-order valence-electron chi connectivity index (χ4n) is 2.93. The van der Waals surface area contributed by atoms with Gasteiger partial charge in [-0.15, -0.1) is 0 Å². The molecule has 2 amide bonds. The van der Waals surface area contributed by atoms with Crippen LogP contribution in [0.4, 0.5) is 10.5 Å². The molecule has 1 aliphatic heterocycles. The maximum Gasteiger partial charge on any atom is 0.407 e. The second-order valence-corrected chi connectivity index (χ2v) is 8.01. The Labute approximate surface area is 187 Å². The molecule has 1 aliphatic rings. The summed E-state index contributed by atoms with van der Waals surface area (Å²) in [4.78, 5) is 33.0. The molecule has 0 bridgehead atoms. The number of rotatable bonds is 4. The van der Waals surface area contributed by atoms with Gasteiger partial charge >= 0.3 is 6.09 Å². The van der Waals surface area contributed by atoms with Crippen molar-refractivity contribution in [1.29, 1.82) is 0 Å². The smallest absolute Gasteiger partial charge is 0.407 e. The van der Waals surface area contributed by atoms with E-state index in [4.69, 9.17) is 11.6 Å². The molecule has 3 aromatic rings. The van der Waals surface area contributed by atoms with Crippen LogP contribution in [0.3, 0.4) is 0 Å². The topological polar surface area (TPSA) is 92.7 Å². The summed E-state index contributed by atoms with van der Waals surface area (Å²) in [6.07, 6.45) is 3.03. The van der Waals surface area contributed by atoms with E-state index >= 15 is 0 Å².